The lowest BCUT2D eigenvalue weighted by Gasteiger charge is -2.22. The van der Waals surface area contributed by atoms with Crippen LogP contribution >= 0.6 is 0 Å². The second kappa shape index (κ2) is 13.6. The van der Waals surface area contributed by atoms with E-state index in [-0.39, 0.29) is 29.6 Å². The molecule has 5 rings (SSSR count). The maximum absolute atomic E-state index is 14.2. The van der Waals surface area contributed by atoms with E-state index in [0.717, 1.165) is 22.4 Å². The molecule has 232 valence electrons. The van der Waals surface area contributed by atoms with Gasteiger partial charge in [0.25, 0.3) is 5.56 Å². The van der Waals surface area contributed by atoms with Crippen molar-refractivity contribution in [3.8, 4) is 16.9 Å². The van der Waals surface area contributed by atoms with Crippen molar-refractivity contribution in [3.05, 3.63) is 107 Å². The zero-order chi connectivity index (χ0) is 32.1. The quantitative estimate of drug-likeness (QED) is 0.154. The van der Waals surface area contributed by atoms with E-state index in [9.17, 15) is 9.59 Å². The highest BCUT2D eigenvalue weighted by atomic mass is 16.5. The number of fused-ring (bicyclic) bond motifs is 1. The minimum atomic E-state index is -0.506. The number of amides is 2. The van der Waals surface area contributed by atoms with Gasteiger partial charge < -0.3 is 15.4 Å². The number of ether oxygens (including phenoxy) is 1. The molecule has 5 aromatic rings. The summed E-state index contributed by atoms with van der Waals surface area (Å²) in [6, 6.07) is 16.7. The number of rotatable bonds is 11. The molecular formula is C35H39N7O3. The summed E-state index contributed by atoms with van der Waals surface area (Å²) in [6.07, 6.45) is 4.76. The van der Waals surface area contributed by atoms with E-state index in [2.05, 4.69) is 60.0 Å². The third-order valence-corrected chi connectivity index (χ3v) is 7.48. The first kappa shape index (κ1) is 31.2. The number of benzene rings is 2. The van der Waals surface area contributed by atoms with Gasteiger partial charge in [0.2, 0.25) is 0 Å². The molecule has 2 N–H and O–H groups in total. The Morgan fingerprint density at radius 2 is 1.69 bits per heavy atom. The van der Waals surface area contributed by atoms with Gasteiger partial charge in [0.05, 0.1) is 6.54 Å². The van der Waals surface area contributed by atoms with Crippen LogP contribution in [0.25, 0.3) is 22.2 Å². The van der Waals surface area contributed by atoms with Gasteiger partial charge in [0.1, 0.15) is 36.3 Å². The van der Waals surface area contributed by atoms with Gasteiger partial charge in [-0.15, -0.1) is 0 Å². The van der Waals surface area contributed by atoms with Crippen LogP contribution in [0.1, 0.15) is 57.6 Å². The van der Waals surface area contributed by atoms with Crippen LogP contribution in [0.15, 0.2) is 90.4 Å². The number of nitrogens with one attached hydrogen (secondary N) is 2. The maximum Gasteiger partial charge on any atom is 0.323 e. The zero-order valence-electron chi connectivity index (χ0n) is 26.4. The Hall–Kier alpha value is -5.25. The molecule has 10 heteroatoms. The molecule has 0 aliphatic rings. The summed E-state index contributed by atoms with van der Waals surface area (Å²) < 4.78 is 9.27. The van der Waals surface area contributed by atoms with E-state index in [0.29, 0.717) is 41.1 Å². The monoisotopic (exact) mass is 605 g/mol. The van der Waals surface area contributed by atoms with Gasteiger partial charge in [-0.3, -0.25) is 9.36 Å². The lowest BCUT2D eigenvalue weighted by molar-refractivity contribution is 0.262. The number of nitrogens with zero attached hydrogens (tertiary/aromatic N) is 5. The highest BCUT2D eigenvalue weighted by molar-refractivity contribution is 6.07. The number of allylic oxidation sites excluding steroid dienone is 1. The fourth-order valence-electron chi connectivity index (χ4n) is 5.41. The van der Waals surface area contributed by atoms with Crippen LogP contribution in [0.5, 0.6) is 5.75 Å². The molecule has 2 amide bonds. The highest BCUT2D eigenvalue weighted by Gasteiger charge is 2.23. The number of pyridine rings is 2. The molecule has 0 saturated carbocycles. The van der Waals surface area contributed by atoms with E-state index in [1.54, 1.807) is 21.8 Å². The normalized spacial score (nSPS) is 11.3. The molecule has 0 saturated heterocycles. The number of hydrogen-bond acceptors (Lipinski definition) is 6. The van der Waals surface area contributed by atoms with Crippen LogP contribution in [0.3, 0.4) is 0 Å². The summed E-state index contributed by atoms with van der Waals surface area (Å²) in [6.45, 7) is 15.4. The van der Waals surface area contributed by atoms with Gasteiger partial charge in [-0.05, 0) is 59.7 Å². The topological polar surface area (TPSA) is 116 Å². The average Bonchev–Trinajstić information content (AvgIpc) is 3.53. The minimum absolute atomic E-state index is 0.141. The minimum Gasteiger partial charge on any atom is -0.492 e. The molecule has 10 nitrogen and oxygen atoms in total. The van der Waals surface area contributed by atoms with Gasteiger partial charge in [-0.1, -0.05) is 70.2 Å². The van der Waals surface area contributed by atoms with Crippen molar-refractivity contribution in [2.75, 3.05) is 17.2 Å². The van der Waals surface area contributed by atoms with Gasteiger partial charge in [0.15, 0.2) is 0 Å². The molecule has 0 aliphatic heterocycles. The Kier molecular flexibility index (Phi) is 9.42. The second-order valence-electron chi connectivity index (χ2n) is 11.7. The van der Waals surface area contributed by atoms with Crippen LogP contribution in [0.2, 0.25) is 0 Å². The number of hydrogen-bond donors (Lipinski definition) is 2. The summed E-state index contributed by atoms with van der Waals surface area (Å²) in [5.41, 5.74) is 5.10. The van der Waals surface area contributed by atoms with E-state index >= 15 is 0 Å². The van der Waals surface area contributed by atoms with Gasteiger partial charge in [-0.25, -0.2) is 19.4 Å². The smallest absolute Gasteiger partial charge is 0.323 e. The third-order valence-electron chi connectivity index (χ3n) is 7.48. The van der Waals surface area contributed by atoms with Crippen molar-refractivity contribution in [1.82, 2.24) is 24.3 Å². The first-order valence-electron chi connectivity index (χ1n) is 15.1. The Bertz CT molecular complexity index is 1870. The van der Waals surface area contributed by atoms with E-state index in [4.69, 9.17) is 4.74 Å². The van der Waals surface area contributed by atoms with Crippen LogP contribution in [-0.4, -0.2) is 37.0 Å². The molecule has 3 aromatic heterocycles. The first-order chi connectivity index (χ1) is 21.6. The molecule has 2 aromatic carbocycles. The van der Waals surface area contributed by atoms with Crippen molar-refractivity contribution in [1.29, 1.82) is 0 Å². The fraction of sp³-hybridized carbons (Fsp3) is 0.286. The second-order valence-corrected chi connectivity index (χ2v) is 11.7. The molecule has 0 radical (unpaired) electrons. The molecule has 45 heavy (non-hydrogen) atoms. The molecule has 0 atom stereocenters. The van der Waals surface area contributed by atoms with Crippen molar-refractivity contribution in [2.24, 2.45) is 0 Å². The SMILES string of the molecule is C=C(C)Cn1c(=O)c(NC(=O)Nc2c(C(C)C)cccc2C(C)C)c(-c2cccc(OCCn3cncn3)c2)c2cccnc21. The summed E-state index contributed by atoms with van der Waals surface area (Å²) in [7, 11) is 0. The van der Waals surface area contributed by atoms with Crippen molar-refractivity contribution >= 4 is 28.4 Å². The number of para-hydroxylation sites is 1. The molecule has 3 heterocycles. The molecule has 0 bridgehead atoms. The summed E-state index contributed by atoms with van der Waals surface area (Å²) in [5.74, 6) is 0.974. The molecule has 0 unspecified atom stereocenters. The first-order valence-corrected chi connectivity index (χ1v) is 15.1. The zero-order valence-corrected chi connectivity index (χ0v) is 26.4. The fourth-order valence-corrected chi connectivity index (χ4v) is 5.41. The van der Waals surface area contributed by atoms with E-state index in [1.807, 2.05) is 61.5 Å². The Balaban J connectivity index is 1.60. The third kappa shape index (κ3) is 6.95. The molecular weight excluding hydrogens is 566 g/mol. The largest absolute Gasteiger partial charge is 0.492 e. The van der Waals surface area contributed by atoms with Gasteiger partial charge in [0, 0.05) is 29.4 Å². The Labute approximate surface area is 262 Å². The Morgan fingerprint density at radius 3 is 2.36 bits per heavy atom. The van der Waals surface area contributed by atoms with Crippen LogP contribution in [0, 0.1) is 0 Å². The predicted molar refractivity (Wildman–Crippen MR) is 179 cm³/mol. The van der Waals surface area contributed by atoms with Crippen LogP contribution in [-0.2, 0) is 13.1 Å². The number of anilines is 2. The van der Waals surface area contributed by atoms with Crippen molar-refractivity contribution in [3.63, 3.8) is 0 Å². The standard InChI is InChI=1S/C35H39N7O3/c1-22(2)19-42-33-29(14-9-15-37-33)30(25-10-7-11-26(18-25)45-17-16-41-21-36-20-38-41)32(34(42)43)40-35(44)39-31-27(23(3)4)12-8-13-28(31)24(5)6/h7-15,18,20-21,23-24H,1,16-17,19H2,2-6H3,(H2,39,40,44). The summed E-state index contributed by atoms with van der Waals surface area (Å²) >= 11 is 0. The van der Waals surface area contributed by atoms with Crippen LogP contribution in [0.4, 0.5) is 16.2 Å². The number of carbonyl (C=O) groups is 1. The van der Waals surface area contributed by atoms with Crippen LogP contribution < -0.4 is 20.9 Å². The van der Waals surface area contributed by atoms with E-state index in [1.165, 1.54) is 6.33 Å². The van der Waals surface area contributed by atoms with Gasteiger partial charge in [-0.2, -0.15) is 5.10 Å². The lowest BCUT2D eigenvalue weighted by atomic mass is 9.93. The lowest BCUT2D eigenvalue weighted by Crippen LogP contribution is -2.30. The molecule has 0 aliphatic carbocycles. The van der Waals surface area contributed by atoms with Crippen molar-refractivity contribution < 1.29 is 9.53 Å². The average molecular weight is 606 g/mol. The van der Waals surface area contributed by atoms with E-state index < -0.39 is 6.03 Å². The maximum atomic E-state index is 14.2. The predicted octanol–water partition coefficient (Wildman–Crippen LogP) is 7.20. The molecule has 0 spiro atoms. The number of carbonyl (C=O) groups excluding carboxylic acids is 1. The van der Waals surface area contributed by atoms with Gasteiger partial charge >= 0.3 is 6.03 Å². The Morgan fingerprint density at radius 1 is 0.978 bits per heavy atom. The number of aromatic nitrogens is 5. The summed E-state index contributed by atoms with van der Waals surface area (Å²) in [5, 5.41) is 10.9. The molecule has 0 fully saturated rings. The number of urea groups is 1. The summed E-state index contributed by atoms with van der Waals surface area (Å²) in [4.78, 5) is 36.6. The highest BCUT2D eigenvalue weighted by Crippen LogP contribution is 2.36. The van der Waals surface area contributed by atoms with Crippen molar-refractivity contribution in [2.45, 2.75) is 59.5 Å².